The Labute approximate surface area is 366 Å². The highest BCUT2D eigenvalue weighted by molar-refractivity contribution is 7.78. The molecule has 20 heteroatoms. The normalized spacial score (nSPS) is 12.0. The minimum Gasteiger partial charge on any atom is -0.481 e. The summed E-state index contributed by atoms with van der Waals surface area (Å²) in [5.74, 6) is -4.19. The first kappa shape index (κ1) is 57.4. The summed E-state index contributed by atoms with van der Waals surface area (Å²) in [6.07, 6.45) is 17.1. The van der Waals surface area contributed by atoms with Crippen molar-refractivity contribution < 1.29 is 67.8 Å². The van der Waals surface area contributed by atoms with Gasteiger partial charge in [-0.3, -0.25) is 33.5 Å². The van der Waals surface area contributed by atoms with E-state index in [1.165, 1.54) is 38.5 Å². The Morgan fingerprint density at radius 2 is 0.836 bits per heavy atom. The summed E-state index contributed by atoms with van der Waals surface area (Å²) in [5, 5.41) is 37.6. The molecule has 0 fully saturated rings. The van der Waals surface area contributed by atoms with E-state index in [1.807, 2.05) is 0 Å². The maximum absolute atomic E-state index is 12.3. The summed E-state index contributed by atoms with van der Waals surface area (Å²) >= 11 is 3.78. The van der Waals surface area contributed by atoms with Gasteiger partial charge in [-0.15, -0.1) is 0 Å². The molecule has 8 N–H and O–H groups in total. The topological polar surface area (TPSA) is 277 Å². The minimum absolute atomic E-state index is 0.0320. The number of carboxylic acid groups (broad SMARTS) is 3. The van der Waals surface area contributed by atoms with Crippen LogP contribution < -0.4 is 26.0 Å². The van der Waals surface area contributed by atoms with Crippen LogP contribution in [0.15, 0.2) is 0 Å². The zero-order valence-corrected chi connectivity index (χ0v) is 37.0. The molecule has 0 aliphatic heterocycles. The van der Waals surface area contributed by atoms with Gasteiger partial charge in [0.25, 0.3) is 0 Å². The number of ether oxygens (including phenoxy) is 4. The maximum Gasteiger partial charge on any atom is 0.326 e. The van der Waals surface area contributed by atoms with Crippen LogP contribution in [0.25, 0.3) is 0 Å². The highest BCUT2D eigenvalue weighted by atomic mass is 32.1. The maximum atomic E-state index is 12.3. The zero-order chi connectivity index (χ0) is 45.2. The lowest BCUT2D eigenvalue weighted by Gasteiger charge is -2.14. The van der Waals surface area contributed by atoms with Gasteiger partial charge in [-0.25, -0.2) is 4.79 Å². The van der Waals surface area contributed by atoms with Gasteiger partial charge in [0.05, 0.1) is 39.6 Å². The Kier molecular flexibility index (Phi) is 39.3. The van der Waals surface area contributed by atoms with E-state index in [9.17, 15) is 38.7 Å². The molecule has 0 heterocycles. The molecule has 0 aromatic carbocycles. The Morgan fingerprint density at radius 3 is 1.30 bits per heavy atom. The van der Waals surface area contributed by atoms with Crippen molar-refractivity contribution >= 4 is 54.4 Å². The van der Waals surface area contributed by atoms with E-state index in [1.54, 1.807) is 0 Å². The van der Waals surface area contributed by atoms with Crippen molar-refractivity contribution in [2.75, 3.05) is 72.5 Å². The number of rotatable bonds is 45. The molecule has 2 atom stereocenters. The molecule has 19 nitrogen and oxygen atoms in total. The third-order valence-corrected chi connectivity index (χ3v) is 9.69. The third-order valence-electron chi connectivity index (χ3n) is 9.38. The number of hydrogen-bond donors (Lipinski definition) is 9. The smallest absolute Gasteiger partial charge is 0.326 e. The third kappa shape index (κ3) is 40.3. The Bertz CT molecular complexity index is 1200. The van der Waals surface area contributed by atoms with Gasteiger partial charge >= 0.3 is 17.9 Å². The van der Waals surface area contributed by atoms with Crippen molar-refractivity contribution in [2.45, 2.75) is 147 Å². The van der Waals surface area contributed by atoms with Crippen molar-refractivity contribution in [1.82, 2.24) is 26.0 Å². The summed E-state index contributed by atoms with van der Waals surface area (Å²) in [6, 6.07) is -1.88. The van der Waals surface area contributed by atoms with E-state index in [0.29, 0.717) is 32.2 Å². The minimum atomic E-state index is -1.19. The van der Waals surface area contributed by atoms with Crippen LogP contribution in [0.2, 0.25) is 0 Å². The summed E-state index contributed by atoms with van der Waals surface area (Å²) < 4.78 is 23.7. The summed E-state index contributed by atoms with van der Waals surface area (Å²) in [5.41, 5.74) is 0. The van der Waals surface area contributed by atoms with Gasteiger partial charge in [0, 0.05) is 38.9 Å². The van der Waals surface area contributed by atoms with Gasteiger partial charge in [0.1, 0.15) is 25.3 Å². The lowest BCUT2D eigenvalue weighted by molar-refractivity contribution is -0.142. The summed E-state index contributed by atoms with van der Waals surface area (Å²) in [4.78, 5) is 81.2. The average molecular weight is 894 g/mol. The number of unbranched alkanes of at least 4 members (excludes halogenated alkanes) is 14. The first-order valence-corrected chi connectivity index (χ1v) is 22.4. The van der Waals surface area contributed by atoms with E-state index in [4.69, 9.17) is 29.2 Å². The van der Waals surface area contributed by atoms with Crippen LogP contribution in [0.5, 0.6) is 0 Å². The Morgan fingerprint density at radius 1 is 0.410 bits per heavy atom. The van der Waals surface area contributed by atoms with E-state index in [-0.39, 0.29) is 115 Å². The molecule has 0 aromatic rings. The molecule has 0 saturated heterocycles. The van der Waals surface area contributed by atoms with Gasteiger partial charge < -0.3 is 55.5 Å². The molecule has 0 bridgehead atoms. The fourth-order valence-electron chi connectivity index (χ4n) is 5.91. The second kappa shape index (κ2) is 41.8. The number of carbonyl (C=O) groups is 7. The zero-order valence-electron chi connectivity index (χ0n) is 36.1. The number of thiol groups is 1. The standard InChI is InChI=1S/C41H75N5O14S/c47-35(21-20-33(40(53)54)45-36(48)18-13-11-9-7-5-3-1-2-4-6-8-10-12-14-19-39(51)52)43-23-25-57-27-30-60-32-38(50)44-24-26-58-28-29-59-31-37(49)42-22-16-15-17-34(46-61)41(55)56/h33-34,46,61H,1-32H2,(H,42,49)(H,43,47)(H,44,50)(H,45,48)(H,51,52)(H,53,54)(H,55,56)/t33-,34?/m0/s1. The predicted octanol–water partition coefficient (Wildman–Crippen LogP) is 3.14. The molecule has 1 unspecified atom stereocenters. The molecule has 0 spiro atoms. The van der Waals surface area contributed by atoms with Crippen molar-refractivity contribution in [3.05, 3.63) is 0 Å². The molecule has 61 heavy (non-hydrogen) atoms. The van der Waals surface area contributed by atoms with E-state index < -0.39 is 30.0 Å². The molecule has 0 aliphatic rings. The number of aliphatic carboxylic acids is 3. The first-order valence-electron chi connectivity index (χ1n) is 21.9. The molecule has 0 aliphatic carbocycles. The van der Waals surface area contributed by atoms with E-state index in [0.717, 1.165) is 44.9 Å². The molecule has 0 radical (unpaired) electrons. The Hall–Kier alpha value is -3.56. The molecule has 354 valence electrons. The number of carboxylic acids is 3. The summed E-state index contributed by atoms with van der Waals surface area (Å²) in [7, 11) is 0. The van der Waals surface area contributed by atoms with Gasteiger partial charge in [-0.1, -0.05) is 89.9 Å². The van der Waals surface area contributed by atoms with Crippen LogP contribution in [0, 0.1) is 0 Å². The van der Waals surface area contributed by atoms with Crippen LogP contribution >= 0.6 is 12.8 Å². The van der Waals surface area contributed by atoms with E-state index >= 15 is 0 Å². The lowest BCUT2D eigenvalue weighted by Crippen LogP contribution is -2.41. The van der Waals surface area contributed by atoms with Crippen molar-refractivity contribution in [1.29, 1.82) is 0 Å². The second-order valence-corrected chi connectivity index (χ2v) is 15.0. The van der Waals surface area contributed by atoms with Crippen molar-refractivity contribution in [3.8, 4) is 0 Å². The Balaban J connectivity index is 3.65. The number of nitrogens with one attached hydrogen (secondary N) is 5. The molecular formula is C41H75N5O14S. The van der Waals surface area contributed by atoms with Crippen molar-refractivity contribution in [2.24, 2.45) is 0 Å². The highest BCUT2D eigenvalue weighted by Gasteiger charge is 2.21. The van der Waals surface area contributed by atoms with Crippen LogP contribution in [0.4, 0.5) is 0 Å². The van der Waals surface area contributed by atoms with Gasteiger partial charge in [0.15, 0.2) is 0 Å². The largest absolute Gasteiger partial charge is 0.481 e. The fraction of sp³-hybridized carbons (Fsp3) is 0.829. The van der Waals surface area contributed by atoms with Crippen LogP contribution in [0.1, 0.15) is 135 Å². The molecule has 0 rings (SSSR count). The van der Waals surface area contributed by atoms with Crippen molar-refractivity contribution in [3.63, 3.8) is 0 Å². The second-order valence-electron chi connectivity index (χ2n) is 14.7. The molecule has 0 saturated carbocycles. The monoisotopic (exact) mass is 894 g/mol. The average Bonchev–Trinajstić information content (AvgIpc) is 3.22. The molecular weight excluding hydrogens is 819 g/mol. The number of amides is 4. The molecule has 4 amide bonds. The SMILES string of the molecule is O=C(O)CCCCCCCCCCCCCCCCC(=O)N[C@@H](CCC(=O)NCCOCCOCC(=O)NCCOCCOCC(=O)NCCCCC(NS)C(=O)O)C(=O)O. The van der Waals surface area contributed by atoms with Crippen LogP contribution in [-0.4, -0.2) is 141 Å². The number of hydrogen-bond acceptors (Lipinski definition) is 13. The number of carbonyl (C=O) groups excluding carboxylic acids is 4. The quantitative estimate of drug-likeness (QED) is 0.0314. The van der Waals surface area contributed by atoms with Crippen LogP contribution in [0.3, 0.4) is 0 Å². The highest BCUT2D eigenvalue weighted by Crippen LogP contribution is 2.14. The van der Waals surface area contributed by atoms with E-state index in [2.05, 4.69) is 38.8 Å². The lowest BCUT2D eigenvalue weighted by atomic mass is 10.0. The fourth-order valence-corrected chi connectivity index (χ4v) is 6.15. The van der Waals surface area contributed by atoms with Gasteiger partial charge in [-0.05, 0) is 38.5 Å². The van der Waals surface area contributed by atoms with Gasteiger partial charge in [0.2, 0.25) is 23.6 Å². The summed E-state index contributed by atoms with van der Waals surface area (Å²) in [6.45, 7) is 1.79. The predicted molar refractivity (Wildman–Crippen MR) is 230 cm³/mol. The van der Waals surface area contributed by atoms with Crippen LogP contribution in [-0.2, 0) is 52.5 Å². The first-order chi connectivity index (χ1) is 29.5. The van der Waals surface area contributed by atoms with Gasteiger partial charge in [-0.2, -0.15) is 0 Å². The molecule has 0 aromatic heterocycles.